The summed E-state index contributed by atoms with van der Waals surface area (Å²) in [6.45, 7) is 3.92. The quantitative estimate of drug-likeness (QED) is 0.835. The number of rotatable bonds is 2. The zero-order valence-corrected chi connectivity index (χ0v) is 11.9. The van der Waals surface area contributed by atoms with Crippen LogP contribution < -0.4 is 0 Å². The van der Waals surface area contributed by atoms with Crippen molar-refractivity contribution in [2.45, 2.75) is 51.8 Å². The van der Waals surface area contributed by atoms with Gasteiger partial charge in [0.15, 0.2) is 0 Å². The lowest BCUT2D eigenvalue weighted by Crippen LogP contribution is -2.29. The predicted molar refractivity (Wildman–Crippen MR) is 72.4 cm³/mol. The molecule has 1 unspecified atom stereocenters. The van der Waals surface area contributed by atoms with Crippen molar-refractivity contribution in [3.8, 4) is 0 Å². The molecule has 2 rings (SSSR count). The number of aryl methyl sites for hydroxylation is 2. The molecule has 1 N–H and O–H groups in total. The minimum absolute atomic E-state index is 0.0602. The molecule has 1 aliphatic carbocycles. The van der Waals surface area contributed by atoms with E-state index in [1.54, 1.807) is 0 Å². The molecule has 1 saturated carbocycles. The fourth-order valence-electron chi connectivity index (χ4n) is 3.17. The van der Waals surface area contributed by atoms with Crippen LogP contribution >= 0.6 is 0 Å². The lowest BCUT2D eigenvalue weighted by Gasteiger charge is -2.33. The molecule has 4 heteroatoms. The molecule has 0 aromatic heterocycles. The summed E-state index contributed by atoms with van der Waals surface area (Å²) in [5.74, 6) is -1.25. The van der Waals surface area contributed by atoms with Crippen LogP contribution in [0.4, 0.5) is 13.2 Å². The van der Waals surface area contributed by atoms with Gasteiger partial charge in [0.25, 0.3) is 0 Å². The molecule has 1 atom stereocenters. The number of hydrogen-bond acceptors (Lipinski definition) is 1. The molecule has 1 nitrogen and oxygen atoms in total. The Morgan fingerprint density at radius 2 is 1.70 bits per heavy atom. The summed E-state index contributed by atoms with van der Waals surface area (Å²) in [5.41, 5.74) is 2.99. The maximum absolute atomic E-state index is 12.6. The Hall–Kier alpha value is -1.03. The fraction of sp³-hybridized carbons (Fsp3) is 0.625. The van der Waals surface area contributed by atoms with Crippen molar-refractivity contribution in [3.63, 3.8) is 0 Å². The summed E-state index contributed by atoms with van der Waals surface area (Å²) in [4.78, 5) is 0. The van der Waals surface area contributed by atoms with E-state index < -0.39 is 18.2 Å². The molecule has 0 bridgehead atoms. The summed E-state index contributed by atoms with van der Waals surface area (Å²) in [6.07, 6.45) is -3.58. The number of hydrogen-bond donors (Lipinski definition) is 1. The summed E-state index contributed by atoms with van der Waals surface area (Å²) in [6, 6.07) is 5.83. The highest BCUT2D eigenvalue weighted by Crippen LogP contribution is 2.43. The number of alkyl halides is 3. The maximum atomic E-state index is 12.6. The minimum Gasteiger partial charge on any atom is -0.388 e. The molecule has 0 spiro atoms. The SMILES string of the molecule is Cc1ccc(C(O)C2CCC(C(F)(F)F)CC2)c(C)c1. The van der Waals surface area contributed by atoms with E-state index in [-0.39, 0.29) is 18.8 Å². The Labute approximate surface area is 117 Å². The molecule has 0 radical (unpaired) electrons. The second-order valence-electron chi connectivity index (χ2n) is 5.96. The van der Waals surface area contributed by atoms with Crippen molar-refractivity contribution >= 4 is 0 Å². The van der Waals surface area contributed by atoms with Gasteiger partial charge in [-0.25, -0.2) is 0 Å². The molecule has 0 aliphatic heterocycles. The van der Waals surface area contributed by atoms with E-state index >= 15 is 0 Å². The van der Waals surface area contributed by atoms with Gasteiger partial charge in [-0.05, 0) is 56.6 Å². The smallest absolute Gasteiger partial charge is 0.388 e. The molecule has 1 aliphatic rings. The summed E-state index contributed by atoms with van der Waals surface area (Å²) < 4.78 is 37.9. The molecule has 20 heavy (non-hydrogen) atoms. The van der Waals surface area contributed by atoms with E-state index in [4.69, 9.17) is 0 Å². The van der Waals surface area contributed by atoms with E-state index in [1.165, 1.54) is 0 Å². The van der Waals surface area contributed by atoms with Gasteiger partial charge in [-0.2, -0.15) is 13.2 Å². The fourth-order valence-corrected chi connectivity index (χ4v) is 3.17. The highest BCUT2D eigenvalue weighted by molar-refractivity contribution is 5.32. The van der Waals surface area contributed by atoms with Crippen molar-refractivity contribution in [2.24, 2.45) is 11.8 Å². The van der Waals surface area contributed by atoms with Crippen molar-refractivity contribution < 1.29 is 18.3 Å². The first-order valence-electron chi connectivity index (χ1n) is 7.11. The van der Waals surface area contributed by atoms with Crippen molar-refractivity contribution in [2.75, 3.05) is 0 Å². The van der Waals surface area contributed by atoms with Gasteiger partial charge in [0, 0.05) is 0 Å². The van der Waals surface area contributed by atoms with E-state index in [0.29, 0.717) is 12.8 Å². The average Bonchev–Trinajstić information content (AvgIpc) is 2.37. The van der Waals surface area contributed by atoms with Crippen LogP contribution in [0.25, 0.3) is 0 Å². The van der Waals surface area contributed by atoms with Crippen LogP contribution in [0, 0.1) is 25.7 Å². The molecular formula is C16H21F3O. The second kappa shape index (κ2) is 5.76. The lowest BCUT2D eigenvalue weighted by atomic mass is 9.77. The standard InChI is InChI=1S/C16H21F3O/c1-10-3-8-14(11(2)9-10)15(20)12-4-6-13(7-5-12)16(17,18)19/h3,8-9,12-13,15,20H,4-7H2,1-2H3. The normalized spacial score (nSPS) is 25.5. The van der Waals surface area contributed by atoms with Crippen molar-refractivity contribution in [1.29, 1.82) is 0 Å². The Kier molecular flexibility index (Phi) is 4.43. The number of aliphatic hydroxyl groups is 1. The predicted octanol–water partition coefficient (Wildman–Crippen LogP) is 4.71. The van der Waals surface area contributed by atoms with Gasteiger partial charge >= 0.3 is 6.18 Å². The largest absolute Gasteiger partial charge is 0.391 e. The van der Waals surface area contributed by atoms with Gasteiger partial charge in [0.05, 0.1) is 12.0 Å². The third-order valence-corrected chi connectivity index (χ3v) is 4.43. The highest BCUT2D eigenvalue weighted by atomic mass is 19.4. The molecule has 0 saturated heterocycles. The topological polar surface area (TPSA) is 20.2 Å². The molecular weight excluding hydrogens is 265 g/mol. The Bertz CT molecular complexity index is 459. The van der Waals surface area contributed by atoms with Crippen LogP contribution in [0.1, 0.15) is 48.5 Å². The molecule has 112 valence electrons. The summed E-state index contributed by atoms with van der Waals surface area (Å²) >= 11 is 0. The molecule has 1 aromatic rings. The number of benzene rings is 1. The van der Waals surface area contributed by atoms with Gasteiger partial charge in [-0.1, -0.05) is 23.8 Å². The zero-order valence-electron chi connectivity index (χ0n) is 11.9. The maximum Gasteiger partial charge on any atom is 0.391 e. The first-order chi connectivity index (χ1) is 9.29. The van der Waals surface area contributed by atoms with E-state index in [2.05, 4.69) is 0 Å². The highest BCUT2D eigenvalue weighted by Gasteiger charge is 2.42. The van der Waals surface area contributed by atoms with Gasteiger partial charge in [0.1, 0.15) is 0 Å². The number of aliphatic hydroxyl groups excluding tert-OH is 1. The Morgan fingerprint density at radius 3 is 2.20 bits per heavy atom. The molecule has 1 fully saturated rings. The Balaban J connectivity index is 2.03. The van der Waals surface area contributed by atoms with Crippen LogP contribution in [0.3, 0.4) is 0 Å². The van der Waals surface area contributed by atoms with Gasteiger partial charge in [-0.3, -0.25) is 0 Å². The molecule has 1 aromatic carbocycles. The van der Waals surface area contributed by atoms with Crippen molar-refractivity contribution in [1.82, 2.24) is 0 Å². The van der Waals surface area contributed by atoms with E-state index in [0.717, 1.165) is 16.7 Å². The summed E-state index contributed by atoms with van der Waals surface area (Å²) in [5, 5.41) is 10.4. The van der Waals surface area contributed by atoms with Gasteiger partial charge in [0.2, 0.25) is 0 Å². The van der Waals surface area contributed by atoms with Crippen LogP contribution in [0.5, 0.6) is 0 Å². The minimum atomic E-state index is -4.09. The molecule has 0 amide bonds. The van der Waals surface area contributed by atoms with Gasteiger partial charge < -0.3 is 5.11 Å². The third kappa shape index (κ3) is 3.35. The number of halogens is 3. The van der Waals surface area contributed by atoms with Gasteiger partial charge in [-0.15, -0.1) is 0 Å². The first-order valence-corrected chi connectivity index (χ1v) is 7.11. The monoisotopic (exact) mass is 286 g/mol. The van der Waals surface area contributed by atoms with E-state index in [1.807, 2.05) is 32.0 Å². The van der Waals surface area contributed by atoms with Crippen molar-refractivity contribution in [3.05, 3.63) is 34.9 Å². The van der Waals surface area contributed by atoms with Crippen LogP contribution in [0.15, 0.2) is 18.2 Å². The second-order valence-corrected chi connectivity index (χ2v) is 5.96. The van der Waals surface area contributed by atoms with Crippen LogP contribution in [0.2, 0.25) is 0 Å². The third-order valence-electron chi connectivity index (χ3n) is 4.43. The summed E-state index contributed by atoms with van der Waals surface area (Å²) in [7, 11) is 0. The Morgan fingerprint density at radius 1 is 1.10 bits per heavy atom. The average molecular weight is 286 g/mol. The lowest BCUT2D eigenvalue weighted by molar-refractivity contribution is -0.185. The zero-order chi connectivity index (χ0) is 14.9. The van der Waals surface area contributed by atoms with Crippen LogP contribution in [-0.4, -0.2) is 11.3 Å². The van der Waals surface area contributed by atoms with E-state index in [9.17, 15) is 18.3 Å². The van der Waals surface area contributed by atoms with Crippen LogP contribution in [-0.2, 0) is 0 Å². The first kappa shape index (κ1) is 15.4. The molecule has 0 heterocycles.